The number of amides is 2. The minimum absolute atomic E-state index is 0.114. The summed E-state index contributed by atoms with van der Waals surface area (Å²) >= 11 is 0. The van der Waals surface area contributed by atoms with Crippen LogP contribution in [0.4, 0.5) is 4.39 Å². The highest BCUT2D eigenvalue weighted by Crippen LogP contribution is 2.38. The molecule has 2 rings (SSSR count). The lowest BCUT2D eigenvalue weighted by Gasteiger charge is -2.15. The van der Waals surface area contributed by atoms with Gasteiger partial charge < -0.3 is 30.0 Å². The maximum Gasteiger partial charge on any atom is 0.305 e. The summed E-state index contributed by atoms with van der Waals surface area (Å²) in [6, 6.07) is 8.07. The average Bonchev–Trinajstić information content (AvgIpc) is 2.78. The maximum atomic E-state index is 13.2. The van der Waals surface area contributed by atoms with Crippen molar-refractivity contribution in [3.05, 3.63) is 59.0 Å². The number of carboxylic acids is 1. The standard InChI is InChI=1S/C22H23FN2O7/c1-30-17-11-14(12-18(31-2)20(17)32-3)21(28)25-16(22(29)24-9-8-19(26)27)10-13-4-6-15(23)7-5-13/h4-7,10-12H,8-9H2,1-3H3,(H,24,29)(H,25,28)(H,26,27)/b16-10+. The first kappa shape index (κ1) is 24.2. The Morgan fingerprint density at radius 1 is 1.00 bits per heavy atom. The fourth-order valence-electron chi connectivity index (χ4n) is 2.67. The van der Waals surface area contributed by atoms with Gasteiger partial charge in [-0.2, -0.15) is 0 Å². The summed E-state index contributed by atoms with van der Waals surface area (Å²) in [7, 11) is 4.22. The quantitative estimate of drug-likeness (QED) is 0.478. The molecule has 2 aromatic carbocycles. The lowest BCUT2D eigenvalue weighted by Crippen LogP contribution is -2.35. The van der Waals surface area contributed by atoms with Crippen molar-refractivity contribution in [1.29, 1.82) is 0 Å². The van der Waals surface area contributed by atoms with E-state index in [0.29, 0.717) is 11.3 Å². The first-order chi connectivity index (χ1) is 15.3. The van der Waals surface area contributed by atoms with Crippen LogP contribution in [-0.2, 0) is 9.59 Å². The normalized spacial score (nSPS) is 10.8. The number of halogens is 1. The second-order valence-corrected chi connectivity index (χ2v) is 6.38. The topological polar surface area (TPSA) is 123 Å². The van der Waals surface area contributed by atoms with Gasteiger partial charge in [0.2, 0.25) is 5.75 Å². The van der Waals surface area contributed by atoms with Gasteiger partial charge >= 0.3 is 5.97 Å². The molecule has 0 aromatic heterocycles. The number of hydrogen-bond donors (Lipinski definition) is 3. The third-order valence-corrected chi connectivity index (χ3v) is 4.23. The molecule has 2 amide bonds. The predicted octanol–water partition coefficient (Wildman–Crippen LogP) is 2.21. The third kappa shape index (κ3) is 6.46. The molecule has 0 aliphatic heterocycles. The minimum atomic E-state index is -1.09. The number of benzene rings is 2. The van der Waals surface area contributed by atoms with Crippen molar-refractivity contribution in [3.8, 4) is 17.2 Å². The van der Waals surface area contributed by atoms with Crippen LogP contribution in [0.25, 0.3) is 6.08 Å². The molecule has 3 N–H and O–H groups in total. The Morgan fingerprint density at radius 3 is 2.09 bits per heavy atom. The number of carboxylic acid groups (broad SMARTS) is 1. The maximum absolute atomic E-state index is 13.2. The summed E-state index contributed by atoms with van der Waals surface area (Å²) in [6.07, 6.45) is 1.04. The second-order valence-electron chi connectivity index (χ2n) is 6.38. The summed E-state index contributed by atoms with van der Waals surface area (Å²) in [4.78, 5) is 36.2. The van der Waals surface area contributed by atoms with Crippen molar-refractivity contribution < 1.29 is 38.1 Å². The number of methoxy groups -OCH3 is 3. The van der Waals surface area contributed by atoms with E-state index in [1.807, 2.05) is 0 Å². The summed E-state index contributed by atoms with van der Waals surface area (Å²) in [5.74, 6) is -2.15. The van der Waals surface area contributed by atoms with Crippen LogP contribution in [0, 0.1) is 5.82 Å². The molecule has 0 radical (unpaired) electrons. The Bertz CT molecular complexity index is 994. The van der Waals surface area contributed by atoms with E-state index in [2.05, 4.69) is 10.6 Å². The Morgan fingerprint density at radius 2 is 1.59 bits per heavy atom. The largest absolute Gasteiger partial charge is 0.493 e. The van der Waals surface area contributed by atoms with E-state index in [4.69, 9.17) is 19.3 Å². The fraction of sp³-hybridized carbons (Fsp3) is 0.227. The van der Waals surface area contributed by atoms with Crippen LogP contribution in [0.2, 0.25) is 0 Å². The fourth-order valence-corrected chi connectivity index (χ4v) is 2.67. The number of nitrogens with one attached hydrogen (secondary N) is 2. The monoisotopic (exact) mass is 446 g/mol. The molecule has 9 nitrogen and oxygen atoms in total. The van der Waals surface area contributed by atoms with E-state index < -0.39 is 23.6 Å². The molecule has 0 aliphatic rings. The van der Waals surface area contributed by atoms with E-state index in [9.17, 15) is 18.8 Å². The number of rotatable bonds is 10. The highest BCUT2D eigenvalue weighted by molar-refractivity contribution is 6.05. The van der Waals surface area contributed by atoms with Crippen LogP contribution >= 0.6 is 0 Å². The van der Waals surface area contributed by atoms with Gasteiger partial charge in [0, 0.05) is 12.1 Å². The molecule has 2 aromatic rings. The number of carbonyl (C=O) groups excluding carboxylic acids is 2. The van der Waals surface area contributed by atoms with E-state index in [0.717, 1.165) is 0 Å². The lowest BCUT2D eigenvalue weighted by atomic mass is 10.1. The van der Waals surface area contributed by atoms with Gasteiger partial charge in [-0.15, -0.1) is 0 Å². The van der Waals surface area contributed by atoms with Crippen molar-refractivity contribution in [2.24, 2.45) is 0 Å². The van der Waals surface area contributed by atoms with Crippen molar-refractivity contribution in [2.45, 2.75) is 6.42 Å². The zero-order valence-corrected chi connectivity index (χ0v) is 17.7. The second kappa shape index (κ2) is 11.3. The molecule has 0 saturated heterocycles. The number of carbonyl (C=O) groups is 3. The van der Waals surface area contributed by atoms with Crippen molar-refractivity contribution in [2.75, 3.05) is 27.9 Å². The van der Waals surface area contributed by atoms with E-state index in [1.54, 1.807) is 0 Å². The van der Waals surface area contributed by atoms with Crippen LogP contribution in [0.1, 0.15) is 22.3 Å². The first-order valence-electron chi connectivity index (χ1n) is 9.37. The molecule has 0 bridgehead atoms. The van der Waals surface area contributed by atoms with Gasteiger partial charge in [0.25, 0.3) is 11.8 Å². The molecular weight excluding hydrogens is 423 g/mol. The van der Waals surface area contributed by atoms with Gasteiger partial charge in [0.05, 0.1) is 27.8 Å². The van der Waals surface area contributed by atoms with Gasteiger partial charge in [0.15, 0.2) is 11.5 Å². The third-order valence-electron chi connectivity index (χ3n) is 4.23. The zero-order valence-electron chi connectivity index (χ0n) is 17.7. The number of ether oxygens (including phenoxy) is 3. The minimum Gasteiger partial charge on any atom is -0.493 e. The number of hydrogen-bond acceptors (Lipinski definition) is 6. The van der Waals surface area contributed by atoms with Gasteiger partial charge in [-0.25, -0.2) is 4.39 Å². The van der Waals surface area contributed by atoms with Crippen molar-refractivity contribution in [1.82, 2.24) is 10.6 Å². The van der Waals surface area contributed by atoms with Crippen LogP contribution < -0.4 is 24.8 Å². The number of aliphatic carboxylic acids is 1. The molecule has 10 heteroatoms. The van der Waals surface area contributed by atoms with E-state index in [1.165, 1.54) is 63.8 Å². The Labute approximate surface area is 183 Å². The summed E-state index contributed by atoms with van der Waals surface area (Å²) in [5, 5.41) is 13.7. The van der Waals surface area contributed by atoms with Crippen molar-refractivity contribution in [3.63, 3.8) is 0 Å². The summed E-state index contributed by atoms with van der Waals surface area (Å²) < 4.78 is 28.9. The zero-order chi connectivity index (χ0) is 23.7. The van der Waals surface area contributed by atoms with Crippen LogP contribution in [-0.4, -0.2) is 50.8 Å². The van der Waals surface area contributed by atoms with Gasteiger partial charge in [-0.05, 0) is 35.9 Å². The summed E-state index contributed by atoms with van der Waals surface area (Å²) in [6.45, 7) is -0.144. The van der Waals surface area contributed by atoms with Gasteiger partial charge in [-0.3, -0.25) is 14.4 Å². The SMILES string of the molecule is COc1cc(C(=O)N/C(=C/c2ccc(F)cc2)C(=O)NCCC(=O)O)cc(OC)c1OC. The molecule has 170 valence electrons. The van der Waals surface area contributed by atoms with E-state index >= 15 is 0 Å². The Balaban J connectivity index is 2.35. The molecule has 0 aliphatic carbocycles. The first-order valence-corrected chi connectivity index (χ1v) is 9.37. The highest BCUT2D eigenvalue weighted by Gasteiger charge is 2.20. The summed E-state index contributed by atoms with van der Waals surface area (Å²) in [5.41, 5.74) is 0.392. The Kier molecular flexibility index (Phi) is 8.58. The van der Waals surface area contributed by atoms with Crippen LogP contribution in [0.15, 0.2) is 42.1 Å². The van der Waals surface area contributed by atoms with Crippen LogP contribution in [0.3, 0.4) is 0 Å². The van der Waals surface area contributed by atoms with Crippen LogP contribution in [0.5, 0.6) is 17.2 Å². The molecule has 0 heterocycles. The highest BCUT2D eigenvalue weighted by atomic mass is 19.1. The molecule has 0 fully saturated rings. The van der Waals surface area contributed by atoms with Gasteiger partial charge in [-0.1, -0.05) is 12.1 Å². The smallest absolute Gasteiger partial charge is 0.305 e. The molecular formula is C22H23FN2O7. The molecule has 0 spiro atoms. The predicted molar refractivity (Wildman–Crippen MR) is 113 cm³/mol. The van der Waals surface area contributed by atoms with E-state index in [-0.39, 0.29) is 35.7 Å². The molecule has 0 saturated carbocycles. The Hall–Kier alpha value is -4.08. The molecule has 0 unspecified atom stereocenters. The van der Waals surface area contributed by atoms with Gasteiger partial charge in [0.1, 0.15) is 11.5 Å². The average molecular weight is 446 g/mol. The van der Waals surface area contributed by atoms with Crippen molar-refractivity contribution >= 4 is 23.9 Å². The molecule has 32 heavy (non-hydrogen) atoms. The lowest BCUT2D eigenvalue weighted by molar-refractivity contribution is -0.136. The molecule has 0 atom stereocenters.